The molecule has 0 aromatic carbocycles. The van der Waals surface area contributed by atoms with Gasteiger partial charge in [0.2, 0.25) is 0 Å². The van der Waals surface area contributed by atoms with Crippen molar-refractivity contribution in [2.45, 2.75) is 40.7 Å². The van der Waals surface area contributed by atoms with Crippen LogP contribution in [0.3, 0.4) is 0 Å². The Morgan fingerprint density at radius 1 is 1.18 bits per heavy atom. The third-order valence-electron chi connectivity index (χ3n) is 2.91. The van der Waals surface area contributed by atoms with Crippen molar-refractivity contribution >= 4 is 6.29 Å². The lowest BCUT2D eigenvalue weighted by molar-refractivity contribution is -0.112. The quantitative estimate of drug-likeness (QED) is 0.618. The maximum absolute atomic E-state index is 10.5. The van der Waals surface area contributed by atoms with Crippen LogP contribution in [0.5, 0.6) is 0 Å². The summed E-state index contributed by atoms with van der Waals surface area (Å²) in [5, 5.41) is 0. The first-order chi connectivity index (χ1) is 4.73. The highest BCUT2D eigenvalue weighted by atomic mass is 16.1. The maximum atomic E-state index is 10.5. The summed E-state index contributed by atoms with van der Waals surface area (Å²) in [6.45, 7) is 10.3. The molecule has 1 unspecified atom stereocenters. The van der Waals surface area contributed by atoms with Gasteiger partial charge in [0.1, 0.15) is 6.29 Å². The summed E-state index contributed by atoms with van der Waals surface area (Å²) in [4.78, 5) is 10.5. The van der Waals surface area contributed by atoms with E-state index in [0.29, 0.717) is 0 Å². The van der Waals surface area contributed by atoms with Gasteiger partial charge in [-0.05, 0) is 10.8 Å². The van der Waals surface area contributed by atoms with Gasteiger partial charge < -0.3 is 10.5 Å². The molecule has 0 saturated carbocycles. The SMILES string of the molecule is CC(C)(C)C(C)(C)C(N)C=O. The lowest BCUT2D eigenvalue weighted by Crippen LogP contribution is -2.46. The van der Waals surface area contributed by atoms with Crippen LogP contribution in [0.1, 0.15) is 34.6 Å². The number of carbonyl (C=O) groups is 1. The van der Waals surface area contributed by atoms with Crippen LogP contribution in [0.2, 0.25) is 0 Å². The zero-order valence-electron chi connectivity index (χ0n) is 8.14. The lowest BCUT2D eigenvalue weighted by atomic mass is 9.65. The number of hydrogen-bond acceptors (Lipinski definition) is 2. The summed E-state index contributed by atoms with van der Waals surface area (Å²) in [6.07, 6.45) is 0.825. The van der Waals surface area contributed by atoms with Gasteiger partial charge in [-0.2, -0.15) is 0 Å². The van der Waals surface area contributed by atoms with Gasteiger partial charge in [0, 0.05) is 0 Å². The van der Waals surface area contributed by atoms with E-state index in [0.717, 1.165) is 6.29 Å². The summed E-state index contributed by atoms with van der Waals surface area (Å²) in [5.74, 6) is 0. The molecular formula is C9H19NO. The summed E-state index contributed by atoms with van der Waals surface area (Å²) < 4.78 is 0. The predicted molar refractivity (Wildman–Crippen MR) is 47.3 cm³/mol. The second-order valence-electron chi connectivity index (χ2n) is 4.63. The standard InChI is InChI=1S/C9H19NO/c1-8(2,3)9(4,5)7(10)6-11/h6-7H,10H2,1-5H3. The molecule has 0 bridgehead atoms. The smallest absolute Gasteiger partial charge is 0.137 e. The normalized spacial score (nSPS) is 16.2. The van der Waals surface area contributed by atoms with Gasteiger partial charge in [-0.25, -0.2) is 0 Å². The molecule has 2 N–H and O–H groups in total. The fourth-order valence-corrected chi connectivity index (χ4v) is 0.670. The van der Waals surface area contributed by atoms with Crippen LogP contribution in [0.4, 0.5) is 0 Å². The minimum atomic E-state index is -0.373. The molecule has 0 aromatic heterocycles. The van der Waals surface area contributed by atoms with Crippen LogP contribution in [-0.2, 0) is 4.79 Å². The summed E-state index contributed by atoms with van der Waals surface area (Å²) >= 11 is 0. The van der Waals surface area contributed by atoms with E-state index in [9.17, 15) is 4.79 Å². The molecule has 0 aliphatic rings. The second-order valence-corrected chi connectivity index (χ2v) is 4.63. The van der Waals surface area contributed by atoms with Crippen molar-refractivity contribution in [3.8, 4) is 0 Å². The van der Waals surface area contributed by atoms with Crippen LogP contribution < -0.4 is 5.73 Å². The number of nitrogens with two attached hydrogens (primary N) is 1. The molecule has 0 aromatic rings. The van der Waals surface area contributed by atoms with Gasteiger partial charge in [-0.15, -0.1) is 0 Å². The van der Waals surface area contributed by atoms with E-state index in [2.05, 4.69) is 20.8 Å². The highest BCUT2D eigenvalue weighted by Crippen LogP contribution is 2.39. The molecule has 0 aliphatic carbocycles. The molecule has 0 amide bonds. The van der Waals surface area contributed by atoms with Crippen molar-refractivity contribution in [3.05, 3.63) is 0 Å². The Bertz CT molecular complexity index is 144. The van der Waals surface area contributed by atoms with Crippen molar-refractivity contribution in [2.24, 2.45) is 16.6 Å². The van der Waals surface area contributed by atoms with E-state index >= 15 is 0 Å². The number of aldehydes is 1. The zero-order chi connectivity index (χ0) is 9.28. The van der Waals surface area contributed by atoms with Gasteiger partial charge >= 0.3 is 0 Å². The van der Waals surface area contributed by atoms with Gasteiger partial charge in [0.05, 0.1) is 6.04 Å². The zero-order valence-corrected chi connectivity index (χ0v) is 8.14. The molecule has 0 fully saturated rings. The highest BCUT2D eigenvalue weighted by molar-refractivity contribution is 5.58. The maximum Gasteiger partial charge on any atom is 0.137 e. The molecule has 66 valence electrons. The topological polar surface area (TPSA) is 43.1 Å². The molecule has 0 saturated heterocycles. The third-order valence-corrected chi connectivity index (χ3v) is 2.91. The number of rotatable bonds is 2. The summed E-state index contributed by atoms with van der Waals surface area (Å²) in [5.41, 5.74) is 5.59. The van der Waals surface area contributed by atoms with Gasteiger partial charge in [-0.3, -0.25) is 0 Å². The highest BCUT2D eigenvalue weighted by Gasteiger charge is 2.37. The predicted octanol–water partition coefficient (Wildman–Crippen LogP) is 1.58. The fourth-order valence-electron chi connectivity index (χ4n) is 0.670. The molecule has 0 aliphatic heterocycles. The molecule has 0 heterocycles. The van der Waals surface area contributed by atoms with E-state index in [-0.39, 0.29) is 16.9 Å². The minimum Gasteiger partial charge on any atom is -0.321 e. The Morgan fingerprint density at radius 2 is 1.55 bits per heavy atom. The second kappa shape index (κ2) is 2.94. The first kappa shape index (κ1) is 10.6. The Kier molecular flexibility index (Phi) is 2.84. The Hall–Kier alpha value is -0.370. The Balaban J connectivity index is 4.58. The van der Waals surface area contributed by atoms with Crippen LogP contribution in [0, 0.1) is 10.8 Å². The van der Waals surface area contributed by atoms with Gasteiger partial charge in [0.15, 0.2) is 0 Å². The van der Waals surface area contributed by atoms with Gasteiger partial charge in [-0.1, -0.05) is 34.6 Å². The van der Waals surface area contributed by atoms with E-state index in [1.807, 2.05) is 13.8 Å². The average molecular weight is 157 g/mol. The summed E-state index contributed by atoms with van der Waals surface area (Å²) in [7, 11) is 0. The van der Waals surface area contributed by atoms with Crippen molar-refractivity contribution < 1.29 is 4.79 Å². The number of hydrogen-bond donors (Lipinski definition) is 1. The van der Waals surface area contributed by atoms with Crippen LogP contribution in [0.15, 0.2) is 0 Å². The van der Waals surface area contributed by atoms with Crippen molar-refractivity contribution in [1.29, 1.82) is 0 Å². The van der Waals surface area contributed by atoms with E-state index < -0.39 is 0 Å². The van der Waals surface area contributed by atoms with Crippen molar-refractivity contribution in [2.75, 3.05) is 0 Å². The monoisotopic (exact) mass is 157 g/mol. The van der Waals surface area contributed by atoms with E-state index in [1.54, 1.807) is 0 Å². The average Bonchev–Trinajstić information content (AvgIpc) is 1.83. The largest absolute Gasteiger partial charge is 0.321 e. The Labute approximate surface area is 69.2 Å². The molecular weight excluding hydrogens is 138 g/mol. The van der Waals surface area contributed by atoms with Crippen LogP contribution >= 0.6 is 0 Å². The first-order valence-corrected chi connectivity index (χ1v) is 3.94. The molecule has 0 rings (SSSR count). The first-order valence-electron chi connectivity index (χ1n) is 3.94. The third kappa shape index (κ3) is 2.03. The number of carbonyl (C=O) groups excluding carboxylic acids is 1. The summed E-state index contributed by atoms with van der Waals surface area (Å²) in [6, 6.07) is -0.373. The lowest BCUT2D eigenvalue weighted by Gasteiger charge is -2.41. The fraction of sp³-hybridized carbons (Fsp3) is 0.889. The van der Waals surface area contributed by atoms with Crippen LogP contribution in [-0.4, -0.2) is 12.3 Å². The molecule has 0 radical (unpaired) electrons. The van der Waals surface area contributed by atoms with E-state index in [4.69, 9.17) is 5.73 Å². The molecule has 1 atom stereocenters. The van der Waals surface area contributed by atoms with Gasteiger partial charge in [0.25, 0.3) is 0 Å². The molecule has 11 heavy (non-hydrogen) atoms. The van der Waals surface area contributed by atoms with Crippen molar-refractivity contribution in [3.63, 3.8) is 0 Å². The molecule has 2 heteroatoms. The molecule has 2 nitrogen and oxygen atoms in total. The minimum absolute atomic E-state index is 0.0628. The Morgan fingerprint density at radius 3 is 1.64 bits per heavy atom. The van der Waals surface area contributed by atoms with E-state index in [1.165, 1.54) is 0 Å². The molecule has 0 spiro atoms. The van der Waals surface area contributed by atoms with Crippen LogP contribution in [0.25, 0.3) is 0 Å². The van der Waals surface area contributed by atoms with Crippen molar-refractivity contribution in [1.82, 2.24) is 0 Å².